The van der Waals surface area contributed by atoms with Gasteiger partial charge in [-0.1, -0.05) is 30.3 Å². The van der Waals surface area contributed by atoms with Crippen molar-refractivity contribution in [3.8, 4) is 0 Å². The van der Waals surface area contributed by atoms with Crippen LogP contribution in [-0.2, 0) is 25.6 Å². The molecule has 0 aromatic heterocycles. The molecule has 1 aromatic rings. The first-order chi connectivity index (χ1) is 11.3. The second-order valence-electron chi connectivity index (χ2n) is 6.91. The lowest BCUT2D eigenvalue weighted by atomic mass is 9.89. The molecular formula is C19H26O4. The molecule has 0 saturated carbocycles. The van der Waals surface area contributed by atoms with Crippen LogP contribution in [0.15, 0.2) is 30.3 Å². The van der Waals surface area contributed by atoms with Crippen LogP contribution in [0, 0.1) is 0 Å². The lowest BCUT2D eigenvalue weighted by Gasteiger charge is -2.51. The zero-order valence-corrected chi connectivity index (χ0v) is 13.7. The maximum atomic E-state index is 6.49. The molecule has 3 saturated heterocycles. The molecule has 0 unspecified atom stereocenters. The number of hydrogen-bond acceptors (Lipinski definition) is 4. The van der Waals surface area contributed by atoms with Gasteiger partial charge in [-0.25, -0.2) is 0 Å². The van der Waals surface area contributed by atoms with E-state index in [-0.39, 0.29) is 6.10 Å². The van der Waals surface area contributed by atoms with Gasteiger partial charge in [0.05, 0.1) is 19.8 Å². The van der Waals surface area contributed by atoms with Crippen molar-refractivity contribution in [2.24, 2.45) is 0 Å². The first kappa shape index (κ1) is 15.6. The molecule has 0 N–H and O–H groups in total. The highest BCUT2D eigenvalue weighted by atomic mass is 16.8. The summed E-state index contributed by atoms with van der Waals surface area (Å²) in [6.07, 6.45) is 7.00. The molecule has 3 atom stereocenters. The van der Waals surface area contributed by atoms with Gasteiger partial charge in [0.15, 0.2) is 11.6 Å². The highest BCUT2D eigenvalue weighted by Gasteiger charge is 2.55. The monoisotopic (exact) mass is 318 g/mol. The number of hydrogen-bond donors (Lipinski definition) is 0. The Kier molecular flexibility index (Phi) is 4.41. The Balaban J connectivity index is 1.48. The van der Waals surface area contributed by atoms with E-state index in [9.17, 15) is 0 Å². The Labute approximate surface area is 138 Å². The fourth-order valence-corrected chi connectivity index (χ4v) is 4.06. The van der Waals surface area contributed by atoms with Crippen LogP contribution in [-0.4, -0.2) is 30.9 Å². The van der Waals surface area contributed by atoms with Crippen LogP contribution in [0.1, 0.15) is 50.5 Å². The lowest BCUT2D eigenvalue weighted by molar-refractivity contribution is -0.409. The molecule has 2 spiro atoms. The summed E-state index contributed by atoms with van der Waals surface area (Å²) in [5.41, 5.74) is 1.19. The van der Waals surface area contributed by atoms with Gasteiger partial charge in [-0.05, 0) is 31.2 Å². The van der Waals surface area contributed by atoms with Gasteiger partial charge in [0.2, 0.25) is 0 Å². The summed E-state index contributed by atoms with van der Waals surface area (Å²) in [5.74, 6) is -1.04. The Hall–Kier alpha value is -0.940. The van der Waals surface area contributed by atoms with Crippen molar-refractivity contribution >= 4 is 0 Å². The molecule has 4 rings (SSSR count). The van der Waals surface area contributed by atoms with Crippen LogP contribution in [0.2, 0.25) is 0 Å². The molecule has 0 radical (unpaired) electrons. The minimum Gasteiger partial charge on any atom is -0.368 e. The molecule has 126 valence electrons. The van der Waals surface area contributed by atoms with E-state index in [0.29, 0.717) is 6.61 Å². The van der Waals surface area contributed by atoms with Gasteiger partial charge in [-0.2, -0.15) is 0 Å². The summed E-state index contributed by atoms with van der Waals surface area (Å²) >= 11 is 0. The van der Waals surface area contributed by atoms with Crippen LogP contribution >= 0.6 is 0 Å². The van der Waals surface area contributed by atoms with Gasteiger partial charge < -0.3 is 18.9 Å². The molecule has 0 amide bonds. The third kappa shape index (κ3) is 3.18. The van der Waals surface area contributed by atoms with Crippen LogP contribution in [0.5, 0.6) is 0 Å². The fourth-order valence-electron chi connectivity index (χ4n) is 4.06. The minimum absolute atomic E-state index is 0.0159. The third-order valence-corrected chi connectivity index (χ3v) is 5.26. The van der Waals surface area contributed by atoms with Crippen LogP contribution in [0.3, 0.4) is 0 Å². The predicted octanol–water partition coefficient (Wildman–Crippen LogP) is 3.79. The van der Waals surface area contributed by atoms with Crippen LogP contribution in [0.4, 0.5) is 0 Å². The molecule has 23 heavy (non-hydrogen) atoms. The van der Waals surface area contributed by atoms with Gasteiger partial charge in [-0.3, -0.25) is 0 Å². The summed E-state index contributed by atoms with van der Waals surface area (Å²) in [7, 11) is 0. The molecular weight excluding hydrogens is 292 g/mol. The Morgan fingerprint density at radius 2 is 1.83 bits per heavy atom. The molecule has 1 aromatic carbocycles. The van der Waals surface area contributed by atoms with E-state index in [2.05, 4.69) is 12.1 Å². The Morgan fingerprint density at radius 1 is 0.957 bits per heavy atom. The van der Waals surface area contributed by atoms with Crippen LogP contribution < -0.4 is 0 Å². The van der Waals surface area contributed by atoms with Crippen molar-refractivity contribution < 1.29 is 18.9 Å². The topological polar surface area (TPSA) is 36.9 Å². The Morgan fingerprint density at radius 3 is 2.57 bits per heavy atom. The predicted molar refractivity (Wildman–Crippen MR) is 85.8 cm³/mol. The highest BCUT2D eigenvalue weighted by molar-refractivity contribution is 5.13. The van der Waals surface area contributed by atoms with E-state index in [1.807, 2.05) is 18.2 Å². The number of benzene rings is 1. The quantitative estimate of drug-likeness (QED) is 0.850. The molecule has 3 heterocycles. The highest BCUT2D eigenvalue weighted by Crippen LogP contribution is 2.47. The summed E-state index contributed by atoms with van der Waals surface area (Å²) in [5, 5.41) is 0. The minimum atomic E-state index is -0.615. The van der Waals surface area contributed by atoms with Gasteiger partial charge >= 0.3 is 0 Å². The standard InChI is InChI=1S/C19H26O4/c1-2-7-16(8-3-1)15-20-17-9-12-18(10-6-14-21-18)23-19(17)11-4-5-13-22-19/h1-3,7-8,17H,4-6,9-15H2/t17-,18+,19-/m0/s1. The van der Waals surface area contributed by atoms with E-state index in [1.165, 1.54) is 5.56 Å². The average molecular weight is 318 g/mol. The molecule has 4 heteroatoms. The molecule has 0 aliphatic carbocycles. The normalized spacial score (nSPS) is 37.5. The maximum Gasteiger partial charge on any atom is 0.197 e. The number of ether oxygens (including phenoxy) is 4. The maximum absolute atomic E-state index is 6.49. The summed E-state index contributed by atoms with van der Waals surface area (Å²) < 4.78 is 24.9. The lowest BCUT2D eigenvalue weighted by Crippen LogP contribution is -2.59. The van der Waals surface area contributed by atoms with Crippen molar-refractivity contribution in [1.82, 2.24) is 0 Å². The zero-order valence-electron chi connectivity index (χ0n) is 13.7. The Bertz CT molecular complexity index is 503. The van der Waals surface area contributed by atoms with Crippen molar-refractivity contribution in [2.75, 3.05) is 13.2 Å². The SMILES string of the molecule is c1ccc(CO[C@H]2CC[C@@]3(CCCO3)O[C@@]23CCCCO3)cc1. The molecule has 3 fully saturated rings. The van der Waals surface area contributed by atoms with E-state index >= 15 is 0 Å². The van der Waals surface area contributed by atoms with Gasteiger partial charge in [0.1, 0.15) is 6.10 Å². The largest absolute Gasteiger partial charge is 0.368 e. The van der Waals surface area contributed by atoms with Gasteiger partial charge in [0, 0.05) is 19.3 Å². The molecule has 3 aliphatic rings. The van der Waals surface area contributed by atoms with Gasteiger partial charge in [-0.15, -0.1) is 0 Å². The smallest absolute Gasteiger partial charge is 0.197 e. The summed E-state index contributed by atoms with van der Waals surface area (Å²) in [6.45, 7) is 2.15. The van der Waals surface area contributed by atoms with Crippen molar-refractivity contribution in [1.29, 1.82) is 0 Å². The van der Waals surface area contributed by atoms with Crippen molar-refractivity contribution in [3.05, 3.63) is 35.9 Å². The first-order valence-corrected chi connectivity index (χ1v) is 8.94. The van der Waals surface area contributed by atoms with Crippen molar-refractivity contribution in [2.45, 2.75) is 69.2 Å². The van der Waals surface area contributed by atoms with E-state index < -0.39 is 11.6 Å². The van der Waals surface area contributed by atoms with Crippen LogP contribution in [0.25, 0.3) is 0 Å². The summed E-state index contributed by atoms with van der Waals surface area (Å²) in [4.78, 5) is 0. The third-order valence-electron chi connectivity index (χ3n) is 5.26. The van der Waals surface area contributed by atoms with Crippen molar-refractivity contribution in [3.63, 3.8) is 0 Å². The second-order valence-corrected chi connectivity index (χ2v) is 6.91. The summed E-state index contributed by atoms with van der Waals surface area (Å²) in [6, 6.07) is 10.3. The van der Waals surface area contributed by atoms with E-state index in [4.69, 9.17) is 18.9 Å². The van der Waals surface area contributed by atoms with E-state index in [0.717, 1.165) is 58.2 Å². The van der Waals surface area contributed by atoms with E-state index in [1.54, 1.807) is 0 Å². The molecule has 4 nitrogen and oxygen atoms in total. The first-order valence-electron chi connectivity index (χ1n) is 8.94. The second kappa shape index (κ2) is 6.52. The number of rotatable bonds is 3. The average Bonchev–Trinajstić information content (AvgIpc) is 3.04. The molecule has 0 bridgehead atoms. The fraction of sp³-hybridized carbons (Fsp3) is 0.684. The van der Waals surface area contributed by atoms with Gasteiger partial charge in [0.25, 0.3) is 0 Å². The zero-order chi connectivity index (χ0) is 15.6. The molecule has 3 aliphatic heterocycles.